The zero-order valence-corrected chi connectivity index (χ0v) is 12.4. The molecule has 3 unspecified atom stereocenters. The van der Waals surface area contributed by atoms with Crippen molar-refractivity contribution in [1.82, 2.24) is 9.80 Å². The van der Waals surface area contributed by atoms with Gasteiger partial charge in [0.15, 0.2) is 0 Å². The quantitative estimate of drug-likeness (QED) is 0.669. The van der Waals surface area contributed by atoms with Gasteiger partial charge in [0.1, 0.15) is 0 Å². The minimum atomic E-state index is -0.150. The van der Waals surface area contributed by atoms with Crippen molar-refractivity contribution in [3.8, 4) is 0 Å². The van der Waals surface area contributed by atoms with E-state index in [0.29, 0.717) is 17.8 Å². The van der Waals surface area contributed by atoms with Crippen LogP contribution in [0.4, 0.5) is 0 Å². The first-order chi connectivity index (χ1) is 8.32. The molecule has 1 heterocycles. The lowest BCUT2D eigenvalue weighted by molar-refractivity contribution is -0.135. The monoisotopic (exact) mass is 251 g/mol. The van der Waals surface area contributed by atoms with Crippen LogP contribution in [0.5, 0.6) is 0 Å². The molecule has 2 aliphatic rings. The summed E-state index contributed by atoms with van der Waals surface area (Å²) >= 11 is 0. The Bertz CT molecular complexity index is 341. The molecule has 3 nitrogen and oxygen atoms in total. The Labute approximate surface area is 112 Å². The molecular weight excluding hydrogens is 224 g/mol. The molecule has 1 spiro atoms. The molecule has 1 amide bonds. The summed E-state index contributed by atoms with van der Waals surface area (Å²) in [6.45, 7) is 8.83. The molecule has 1 aliphatic heterocycles. The summed E-state index contributed by atoms with van der Waals surface area (Å²) in [5, 5.41) is 0. The lowest BCUT2D eigenvalue weighted by Gasteiger charge is -2.56. The van der Waals surface area contributed by atoms with Crippen LogP contribution >= 0.6 is 0 Å². The molecule has 0 N–H and O–H groups in total. The van der Waals surface area contributed by atoms with Crippen LogP contribution < -0.4 is 0 Å². The standard InChI is InChI=1S/C15H27N2O/c1-10(2)13-8-7-11(3)9-15(13)16(5)12(4)14(18)17(15)6/h10-13H,5,7-9H2,1-4,6H3/q-1/t11?,12-,13?,15?/m0/s1. The van der Waals surface area contributed by atoms with Crippen LogP contribution in [0.3, 0.4) is 0 Å². The maximum atomic E-state index is 12.3. The van der Waals surface area contributed by atoms with Crippen LogP contribution in [0.2, 0.25) is 0 Å². The predicted molar refractivity (Wildman–Crippen MR) is 73.5 cm³/mol. The first-order valence-corrected chi connectivity index (χ1v) is 7.19. The number of hydrogen-bond donors (Lipinski definition) is 0. The summed E-state index contributed by atoms with van der Waals surface area (Å²) in [6.07, 6.45) is 3.54. The second-order valence-electron chi connectivity index (χ2n) is 6.66. The van der Waals surface area contributed by atoms with E-state index in [1.54, 1.807) is 0 Å². The number of likely N-dealkylation sites (N-methyl/N-ethyl adjacent to an activating group) is 1. The van der Waals surface area contributed by atoms with E-state index in [4.69, 9.17) is 0 Å². The molecule has 2 rings (SSSR count). The normalized spacial score (nSPS) is 42.3. The fraction of sp³-hybridized carbons (Fsp3) is 0.867. The van der Waals surface area contributed by atoms with Gasteiger partial charge in [0.25, 0.3) is 0 Å². The highest BCUT2D eigenvalue weighted by Crippen LogP contribution is 2.49. The zero-order valence-electron chi connectivity index (χ0n) is 12.4. The highest BCUT2D eigenvalue weighted by molar-refractivity contribution is 5.84. The molecule has 0 aromatic carbocycles. The van der Waals surface area contributed by atoms with Crippen LogP contribution in [-0.4, -0.2) is 34.5 Å². The van der Waals surface area contributed by atoms with Crippen molar-refractivity contribution in [3.63, 3.8) is 0 Å². The van der Waals surface area contributed by atoms with Crippen molar-refractivity contribution in [1.29, 1.82) is 0 Å². The van der Waals surface area contributed by atoms with Gasteiger partial charge in [-0.15, -0.1) is 0 Å². The molecule has 0 aromatic heterocycles. The van der Waals surface area contributed by atoms with Crippen molar-refractivity contribution < 1.29 is 4.79 Å². The van der Waals surface area contributed by atoms with Crippen LogP contribution in [0.15, 0.2) is 0 Å². The van der Waals surface area contributed by atoms with Gasteiger partial charge >= 0.3 is 0 Å². The van der Waals surface area contributed by atoms with Gasteiger partial charge in [0.2, 0.25) is 5.91 Å². The smallest absolute Gasteiger partial charge is 0.238 e. The molecule has 1 saturated carbocycles. The number of rotatable bonds is 1. The van der Waals surface area contributed by atoms with Crippen molar-refractivity contribution >= 4 is 5.91 Å². The fourth-order valence-corrected chi connectivity index (χ4v) is 4.18. The summed E-state index contributed by atoms with van der Waals surface area (Å²) in [6, 6.07) is -0.0819. The van der Waals surface area contributed by atoms with E-state index >= 15 is 0 Å². The van der Waals surface area contributed by atoms with E-state index in [9.17, 15) is 4.79 Å². The Morgan fingerprint density at radius 1 is 1.33 bits per heavy atom. The summed E-state index contributed by atoms with van der Waals surface area (Å²) in [5.74, 6) is 2.02. The number of amides is 1. The van der Waals surface area contributed by atoms with E-state index in [0.717, 1.165) is 6.42 Å². The molecule has 2 fully saturated rings. The predicted octanol–water partition coefficient (Wildman–Crippen LogP) is 2.73. The van der Waals surface area contributed by atoms with E-state index in [2.05, 4.69) is 32.7 Å². The number of nitrogens with zero attached hydrogens (tertiary/aromatic N) is 2. The van der Waals surface area contributed by atoms with Gasteiger partial charge in [-0.25, -0.2) is 0 Å². The third-order valence-corrected chi connectivity index (χ3v) is 5.25. The van der Waals surface area contributed by atoms with Gasteiger partial charge in [-0.2, -0.15) is 0 Å². The highest BCUT2D eigenvalue weighted by atomic mass is 16.2. The van der Waals surface area contributed by atoms with Crippen molar-refractivity contribution in [2.75, 3.05) is 7.05 Å². The molecule has 18 heavy (non-hydrogen) atoms. The summed E-state index contributed by atoms with van der Waals surface area (Å²) < 4.78 is 0. The summed E-state index contributed by atoms with van der Waals surface area (Å²) in [4.78, 5) is 16.4. The molecule has 0 aromatic rings. The largest absolute Gasteiger partial charge is 0.427 e. The average Bonchev–Trinajstić information content (AvgIpc) is 2.46. The Hall–Kier alpha value is -0.570. The van der Waals surface area contributed by atoms with Crippen LogP contribution in [-0.2, 0) is 4.79 Å². The molecule has 4 atom stereocenters. The van der Waals surface area contributed by atoms with Gasteiger partial charge in [0.05, 0.1) is 11.7 Å². The Kier molecular flexibility index (Phi) is 3.48. The maximum Gasteiger partial charge on any atom is 0.238 e. The van der Waals surface area contributed by atoms with Gasteiger partial charge < -0.3 is 9.80 Å². The lowest BCUT2D eigenvalue weighted by Crippen LogP contribution is -2.60. The lowest BCUT2D eigenvalue weighted by atomic mass is 9.68. The third-order valence-electron chi connectivity index (χ3n) is 5.25. The van der Waals surface area contributed by atoms with Crippen LogP contribution in [0.25, 0.3) is 0 Å². The molecule has 0 radical (unpaired) electrons. The molecular formula is C15H27N2O-. The van der Waals surface area contributed by atoms with E-state index in [-0.39, 0.29) is 17.6 Å². The number of carbonyl (C=O) groups excluding carboxylic acids is 1. The minimum Gasteiger partial charge on any atom is -0.427 e. The topological polar surface area (TPSA) is 23.6 Å². The highest BCUT2D eigenvalue weighted by Gasteiger charge is 2.55. The second-order valence-corrected chi connectivity index (χ2v) is 6.66. The number of hydrogen-bond acceptors (Lipinski definition) is 2. The molecule has 3 heteroatoms. The first kappa shape index (κ1) is 13.9. The SMILES string of the molecule is [CH2-]N1[C@@H](C)C(=O)N(C)C12CC(C)CCC2C(C)C. The Balaban J connectivity index is 2.43. The zero-order chi connectivity index (χ0) is 13.7. The minimum absolute atomic E-state index is 0.0819. The van der Waals surface area contributed by atoms with Crippen LogP contribution in [0.1, 0.15) is 47.0 Å². The van der Waals surface area contributed by atoms with Crippen LogP contribution in [0, 0.1) is 24.8 Å². The van der Waals surface area contributed by atoms with Crippen molar-refractivity contribution in [3.05, 3.63) is 7.05 Å². The summed E-state index contributed by atoms with van der Waals surface area (Å²) in [7, 11) is 6.20. The maximum absolute atomic E-state index is 12.3. The van der Waals surface area contributed by atoms with Crippen molar-refractivity contribution in [2.45, 2.75) is 58.7 Å². The molecule has 104 valence electrons. The van der Waals surface area contributed by atoms with E-state index in [1.807, 2.05) is 18.9 Å². The molecule has 0 bridgehead atoms. The van der Waals surface area contributed by atoms with E-state index < -0.39 is 0 Å². The Morgan fingerprint density at radius 2 is 1.94 bits per heavy atom. The third kappa shape index (κ3) is 1.70. The van der Waals surface area contributed by atoms with Gasteiger partial charge in [-0.3, -0.25) is 11.8 Å². The van der Waals surface area contributed by atoms with Crippen molar-refractivity contribution in [2.24, 2.45) is 17.8 Å². The fourth-order valence-electron chi connectivity index (χ4n) is 4.18. The summed E-state index contributed by atoms with van der Waals surface area (Å²) in [5.41, 5.74) is -0.150. The van der Waals surface area contributed by atoms with Gasteiger partial charge in [-0.1, -0.05) is 27.2 Å². The first-order valence-electron chi connectivity index (χ1n) is 7.19. The Morgan fingerprint density at radius 3 is 2.39 bits per heavy atom. The van der Waals surface area contributed by atoms with Gasteiger partial charge in [0, 0.05) is 7.05 Å². The average molecular weight is 251 g/mol. The van der Waals surface area contributed by atoms with Gasteiger partial charge in [-0.05, 0) is 37.5 Å². The molecule has 1 saturated heterocycles. The number of carbonyl (C=O) groups is 1. The van der Waals surface area contributed by atoms with E-state index in [1.165, 1.54) is 12.8 Å². The molecule has 1 aliphatic carbocycles. The second kappa shape index (κ2) is 4.52.